The molecule has 0 atom stereocenters. The molecule has 3 aromatic rings. The normalized spacial score (nSPS) is 13.7. The molecule has 2 aromatic carbocycles. The van der Waals surface area contributed by atoms with Crippen LogP contribution in [0.1, 0.15) is 38.7 Å². The zero-order valence-electron chi connectivity index (χ0n) is 19.5. The van der Waals surface area contributed by atoms with Crippen LogP contribution in [0.15, 0.2) is 42.5 Å². The minimum atomic E-state index is -1.06. The van der Waals surface area contributed by atoms with Gasteiger partial charge in [0.05, 0.1) is 34.8 Å². The fourth-order valence-corrected chi connectivity index (χ4v) is 3.96. The van der Waals surface area contributed by atoms with E-state index in [1.54, 1.807) is 54.6 Å². The molecule has 0 unspecified atom stereocenters. The van der Waals surface area contributed by atoms with Gasteiger partial charge in [0, 0.05) is 24.3 Å². The van der Waals surface area contributed by atoms with Gasteiger partial charge in [0.15, 0.2) is 0 Å². The lowest BCUT2D eigenvalue weighted by atomic mass is 9.84. The van der Waals surface area contributed by atoms with Crippen LogP contribution in [-0.4, -0.2) is 39.2 Å². The maximum atomic E-state index is 12.7. The number of anilines is 3. The Bertz CT molecular complexity index is 1280. The highest BCUT2D eigenvalue weighted by Crippen LogP contribution is 2.31. The molecule has 0 spiro atoms. The van der Waals surface area contributed by atoms with Crippen LogP contribution in [-0.2, 0) is 11.3 Å². The number of rotatable bonds is 6. The molecule has 1 fully saturated rings. The summed E-state index contributed by atoms with van der Waals surface area (Å²) in [5.41, 5.74) is 1.88. The van der Waals surface area contributed by atoms with Crippen LogP contribution < -0.4 is 15.5 Å². The highest BCUT2D eigenvalue weighted by atomic mass is 16.3. The van der Waals surface area contributed by atoms with Crippen molar-refractivity contribution in [1.29, 1.82) is 5.26 Å². The molecular formula is C25H28N6O3. The first-order chi connectivity index (χ1) is 16.1. The Morgan fingerprint density at radius 2 is 2.00 bits per heavy atom. The van der Waals surface area contributed by atoms with Gasteiger partial charge in [-0.05, 0) is 63.1 Å². The van der Waals surface area contributed by atoms with E-state index in [1.807, 2.05) is 24.3 Å². The first-order valence-corrected chi connectivity index (χ1v) is 11.2. The van der Waals surface area contributed by atoms with E-state index in [9.17, 15) is 14.7 Å². The van der Waals surface area contributed by atoms with Crippen LogP contribution >= 0.6 is 0 Å². The van der Waals surface area contributed by atoms with E-state index in [0.717, 1.165) is 30.5 Å². The Morgan fingerprint density at radius 3 is 2.65 bits per heavy atom. The van der Waals surface area contributed by atoms with Crippen molar-refractivity contribution in [3.8, 4) is 6.07 Å². The molecule has 0 saturated heterocycles. The highest BCUT2D eigenvalue weighted by Gasteiger charge is 2.29. The summed E-state index contributed by atoms with van der Waals surface area (Å²) in [4.78, 5) is 31.6. The molecule has 176 valence electrons. The number of amides is 3. The Balaban J connectivity index is 1.62. The molecule has 9 heteroatoms. The van der Waals surface area contributed by atoms with Gasteiger partial charge in [0.25, 0.3) is 0 Å². The standard InChI is InChI=1S/C25H28N6O3/c1-25(2,34)15-31-21-11-10-19(30(3)22(32)17-7-5-8-17)13-20(21)28-23(31)29-24(33)27-18-9-4-6-16(12-18)14-26/h4,6,9-13,17,34H,5,7-8,15H2,1-3H3,(H2,27,28,29,33). The Morgan fingerprint density at radius 1 is 1.24 bits per heavy atom. The van der Waals surface area contributed by atoms with Gasteiger partial charge in [-0.2, -0.15) is 5.26 Å². The van der Waals surface area contributed by atoms with Gasteiger partial charge >= 0.3 is 6.03 Å². The third kappa shape index (κ3) is 5.02. The Labute approximate surface area is 198 Å². The fraction of sp³-hybridized carbons (Fsp3) is 0.360. The summed E-state index contributed by atoms with van der Waals surface area (Å²) >= 11 is 0. The molecule has 1 saturated carbocycles. The number of hydrogen-bond acceptors (Lipinski definition) is 5. The number of nitrogens with one attached hydrogen (secondary N) is 2. The largest absolute Gasteiger partial charge is 0.389 e. The summed E-state index contributed by atoms with van der Waals surface area (Å²) < 4.78 is 1.73. The lowest BCUT2D eigenvalue weighted by Gasteiger charge is -2.29. The first-order valence-electron chi connectivity index (χ1n) is 11.2. The molecule has 1 heterocycles. The molecular weight excluding hydrogens is 432 g/mol. The number of aromatic nitrogens is 2. The predicted molar refractivity (Wildman–Crippen MR) is 131 cm³/mol. The topological polar surface area (TPSA) is 123 Å². The van der Waals surface area contributed by atoms with Crippen molar-refractivity contribution < 1.29 is 14.7 Å². The number of hydrogen-bond donors (Lipinski definition) is 3. The third-order valence-electron chi connectivity index (χ3n) is 5.92. The maximum absolute atomic E-state index is 12.7. The van der Waals surface area contributed by atoms with Gasteiger partial charge in [0.1, 0.15) is 0 Å². The molecule has 1 aliphatic carbocycles. The van der Waals surface area contributed by atoms with Gasteiger partial charge in [-0.15, -0.1) is 0 Å². The van der Waals surface area contributed by atoms with E-state index in [2.05, 4.69) is 15.6 Å². The number of nitrogens with zero attached hydrogens (tertiary/aromatic N) is 4. The average Bonchev–Trinajstić information content (AvgIpc) is 3.06. The third-order valence-corrected chi connectivity index (χ3v) is 5.92. The lowest BCUT2D eigenvalue weighted by molar-refractivity contribution is -0.124. The first kappa shape index (κ1) is 23.3. The summed E-state index contributed by atoms with van der Waals surface area (Å²) in [7, 11) is 1.76. The quantitative estimate of drug-likeness (QED) is 0.511. The Kier molecular flexibility index (Phi) is 6.26. The molecule has 1 aromatic heterocycles. The van der Waals surface area contributed by atoms with E-state index < -0.39 is 11.6 Å². The fourth-order valence-electron chi connectivity index (χ4n) is 3.96. The van der Waals surface area contributed by atoms with Crippen molar-refractivity contribution in [2.75, 3.05) is 22.6 Å². The number of aliphatic hydroxyl groups is 1. The number of urea groups is 1. The minimum absolute atomic E-state index is 0.0777. The van der Waals surface area contributed by atoms with Crippen molar-refractivity contribution in [3.05, 3.63) is 48.0 Å². The minimum Gasteiger partial charge on any atom is -0.389 e. The van der Waals surface area contributed by atoms with Crippen molar-refractivity contribution in [2.45, 2.75) is 45.3 Å². The number of nitriles is 1. The van der Waals surface area contributed by atoms with Crippen LogP contribution in [0.4, 0.5) is 22.1 Å². The summed E-state index contributed by atoms with van der Waals surface area (Å²) in [6.45, 7) is 3.55. The summed E-state index contributed by atoms with van der Waals surface area (Å²) in [6.07, 6.45) is 2.93. The molecule has 0 bridgehead atoms. The van der Waals surface area contributed by atoms with E-state index in [0.29, 0.717) is 16.8 Å². The van der Waals surface area contributed by atoms with Crippen molar-refractivity contribution in [3.63, 3.8) is 0 Å². The Hall–Kier alpha value is -3.90. The lowest BCUT2D eigenvalue weighted by Crippen LogP contribution is -2.36. The van der Waals surface area contributed by atoms with E-state index in [-0.39, 0.29) is 24.3 Å². The van der Waals surface area contributed by atoms with Crippen LogP contribution in [0, 0.1) is 17.2 Å². The van der Waals surface area contributed by atoms with Gasteiger partial charge in [-0.25, -0.2) is 9.78 Å². The van der Waals surface area contributed by atoms with Crippen LogP contribution in [0.2, 0.25) is 0 Å². The van der Waals surface area contributed by atoms with Crippen molar-refractivity contribution >= 4 is 40.3 Å². The SMILES string of the molecule is CN(C(=O)C1CCC1)c1ccc2c(c1)nc(NC(=O)Nc1cccc(C#N)c1)n2CC(C)(C)O. The second kappa shape index (κ2) is 9.15. The van der Waals surface area contributed by atoms with Crippen LogP contribution in [0.3, 0.4) is 0 Å². The molecule has 0 aliphatic heterocycles. The highest BCUT2D eigenvalue weighted by molar-refractivity contribution is 6.00. The maximum Gasteiger partial charge on any atom is 0.326 e. The van der Waals surface area contributed by atoms with E-state index in [4.69, 9.17) is 5.26 Å². The van der Waals surface area contributed by atoms with Crippen molar-refractivity contribution in [2.24, 2.45) is 5.92 Å². The second-order valence-electron chi connectivity index (χ2n) is 9.30. The zero-order chi connectivity index (χ0) is 24.5. The van der Waals surface area contributed by atoms with Gasteiger partial charge in [-0.1, -0.05) is 12.5 Å². The summed E-state index contributed by atoms with van der Waals surface area (Å²) in [5.74, 6) is 0.434. The summed E-state index contributed by atoms with van der Waals surface area (Å²) in [5, 5.41) is 25.0. The molecule has 34 heavy (non-hydrogen) atoms. The van der Waals surface area contributed by atoms with Crippen LogP contribution in [0.25, 0.3) is 11.0 Å². The number of benzene rings is 2. The zero-order valence-corrected chi connectivity index (χ0v) is 19.5. The smallest absolute Gasteiger partial charge is 0.326 e. The molecule has 9 nitrogen and oxygen atoms in total. The predicted octanol–water partition coefficient (Wildman–Crippen LogP) is 4.09. The molecule has 4 rings (SSSR count). The monoisotopic (exact) mass is 460 g/mol. The van der Waals surface area contributed by atoms with Crippen LogP contribution in [0.5, 0.6) is 0 Å². The number of carbonyl (C=O) groups excluding carboxylic acids is 2. The molecule has 3 N–H and O–H groups in total. The van der Waals surface area contributed by atoms with Gasteiger partial charge in [0.2, 0.25) is 11.9 Å². The number of carbonyl (C=O) groups is 2. The number of fused-ring (bicyclic) bond motifs is 1. The van der Waals surface area contributed by atoms with Crippen molar-refractivity contribution in [1.82, 2.24) is 9.55 Å². The van der Waals surface area contributed by atoms with Gasteiger partial charge < -0.3 is 19.9 Å². The molecule has 0 radical (unpaired) electrons. The second-order valence-corrected chi connectivity index (χ2v) is 9.30. The summed E-state index contributed by atoms with van der Waals surface area (Å²) in [6, 6.07) is 13.6. The van der Waals surface area contributed by atoms with E-state index in [1.165, 1.54) is 0 Å². The molecule has 1 aliphatic rings. The average molecular weight is 461 g/mol. The van der Waals surface area contributed by atoms with E-state index >= 15 is 0 Å². The number of imidazole rings is 1. The van der Waals surface area contributed by atoms with Gasteiger partial charge in [-0.3, -0.25) is 10.1 Å². The molecule has 3 amide bonds.